The lowest BCUT2D eigenvalue weighted by atomic mass is 9.86. The van der Waals surface area contributed by atoms with Crippen molar-refractivity contribution in [2.75, 3.05) is 58.7 Å². The molecule has 1 unspecified atom stereocenters. The number of hydrogen-bond acceptors (Lipinski definition) is 4. The topological polar surface area (TPSA) is 65.1 Å². The van der Waals surface area contributed by atoms with Crippen molar-refractivity contribution in [3.05, 3.63) is 101 Å². The number of hydrogen-bond donors (Lipinski definition) is 1. The molecular weight excluding hydrogens is 538 g/mol. The fraction of sp³-hybridized carbons (Fsp3) is 0.394. The molecule has 0 aliphatic carbocycles. The zero-order valence-electron chi connectivity index (χ0n) is 24.2. The van der Waals surface area contributed by atoms with Crippen LogP contribution in [0.2, 0.25) is 0 Å². The van der Waals surface area contributed by atoms with E-state index in [0.29, 0.717) is 43.2 Å². The lowest BCUT2D eigenvalue weighted by Gasteiger charge is -2.44. The number of morpholine rings is 1. The van der Waals surface area contributed by atoms with Crippen LogP contribution < -0.4 is 5.32 Å². The molecule has 2 aliphatic heterocycles. The number of piperidine rings is 1. The molecule has 42 heavy (non-hydrogen) atoms. The first-order chi connectivity index (χ1) is 20.2. The number of urea groups is 1. The van der Waals surface area contributed by atoms with Gasteiger partial charge in [-0.2, -0.15) is 0 Å². The quantitative estimate of drug-likeness (QED) is 0.392. The molecule has 2 fully saturated rings. The van der Waals surface area contributed by atoms with E-state index in [1.165, 1.54) is 16.5 Å². The van der Waals surface area contributed by atoms with E-state index in [-0.39, 0.29) is 18.5 Å². The third-order valence-corrected chi connectivity index (χ3v) is 8.40. The van der Waals surface area contributed by atoms with Gasteiger partial charge in [0.15, 0.2) is 11.6 Å². The van der Waals surface area contributed by atoms with Gasteiger partial charge in [0, 0.05) is 38.4 Å². The Morgan fingerprint density at radius 3 is 2.33 bits per heavy atom. The molecule has 1 atom stereocenters. The summed E-state index contributed by atoms with van der Waals surface area (Å²) in [6.45, 7) is 3.50. The zero-order valence-corrected chi connectivity index (χ0v) is 24.2. The number of carbonyl (C=O) groups is 2. The van der Waals surface area contributed by atoms with Gasteiger partial charge in [-0.15, -0.1) is 0 Å². The number of anilines is 1. The van der Waals surface area contributed by atoms with Gasteiger partial charge in [-0.1, -0.05) is 36.4 Å². The van der Waals surface area contributed by atoms with Crippen LogP contribution in [0.5, 0.6) is 0 Å². The van der Waals surface area contributed by atoms with Crippen molar-refractivity contribution in [3.8, 4) is 0 Å². The van der Waals surface area contributed by atoms with Crippen LogP contribution in [0.25, 0.3) is 0 Å². The van der Waals surface area contributed by atoms with Crippen LogP contribution in [0.3, 0.4) is 0 Å². The lowest BCUT2D eigenvalue weighted by Crippen LogP contribution is -2.53. The molecule has 5 rings (SSSR count). The first-order valence-electron chi connectivity index (χ1n) is 14.5. The molecule has 0 radical (unpaired) electrons. The molecule has 0 saturated carbocycles. The van der Waals surface area contributed by atoms with Crippen LogP contribution in [-0.2, 0) is 10.3 Å². The van der Waals surface area contributed by atoms with Crippen LogP contribution in [0.4, 0.5) is 19.3 Å². The lowest BCUT2D eigenvalue weighted by molar-refractivity contribution is -0.113. The average Bonchev–Trinajstić information content (AvgIpc) is 3.02. The Labute approximate surface area is 246 Å². The van der Waals surface area contributed by atoms with E-state index in [2.05, 4.69) is 22.3 Å². The summed E-state index contributed by atoms with van der Waals surface area (Å²) in [5, 5.41) is 2.87. The van der Waals surface area contributed by atoms with Crippen LogP contribution in [0.1, 0.15) is 46.7 Å². The van der Waals surface area contributed by atoms with Gasteiger partial charge >= 0.3 is 6.03 Å². The van der Waals surface area contributed by atoms with E-state index in [9.17, 15) is 18.4 Å². The van der Waals surface area contributed by atoms with E-state index < -0.39 is 17.2 Å². The van der Waals surface area contributed by atoms with Crippen molar-refractivity contribution in [3.63, 3.8) is 0 Å². The summed E-state index contributed by atoms with van der Waals surface area (Å²) in [6, 6.07) is 20.9. The van der Waals surface area contributed by atoms with Crippen molar-refractivity contribution in [1.29, 1.82) is 0 Å². The van der Waals surface area contributed by atoms with E-state index in [4.69, 9.17) is 4.74 Å². The number of ether oxygens (including phenoxy) is 1. The number of amides is 3. The molecule has 7 nitrogen and oxygen atoms in total. The minimum absolute atomic E-state index is 0.0982. The van der Waals surface area contributed by atoms with Crippen LogP contribution in [0, 0.1) is 11.6 Å². The van der Waals surface area contributed by atoms with E-state index >= 15 is 0 Å². The number of likely N-dealkylation sites (tertiary alicyclic amines) is 1. The first kappa shape index (κ1) is 29.7. The Morgan fingerprint density at radius 2 is 1.67 bits per heavy atom. The van der Waals surface area contributed by atoms with Crippen molar-refractivity contribution in [2.24, 2.45) is 0 Å². The second-order valence-electron chi connectivity index (χ2n) is 11.4. The van der Waals surface area contributed by atoms with Gasteiger partial charge < -0.3 is 24.8 Å². The van der Waals surface area contributed by atoms with Crippen molar-refractivity contribution in [1.82, 2.24) is 14.7 Å². The highest BCUT2D eigenvalue weighted by atomic mass is 19.2. The predicted molar refractivity (Wildman–Crippen MR) is 159 cm³/mol. The summed E-state index contributed by atoms with van der Waals surface area (Å²) in [5.41, 5.74) is 2.21. The number of rotatable bonds is 7. The summed E-state index contributed by atoms with van der Waals surface area (Å²) in [6.07, 6.45) is 2.52. The highest BCUT2D eigenvalue weighted by molar-refractivity contribution is 5.94. The Morgan fingerprint density at radius 1 is 0.952 bits per heavy atom. The standard InChI is InChI=1S/C33H38F2N4O3/c1-37(2)32(41)36-28-11-8-24(9-12-28)25-14-17-38(18-15-25)19-16-33(27-10-13-29(34)30(35)22-27)23-39(20-21-42-33)31(40)26-6-4-3-5-7-26/h3-13,22,25H,14-21,23H2,1-2H3,(H,36,41). The molecule has 2 heterocycles. The highest BCUT2D eigenvalue weighted by Crippen LogP contribution is 2.36. The van der Waals surface area contributed by atoms with Crippen LogP contribution >= 0.6 is 0 Å². The molecule has 3 aromatic carbocycles. The smallest absolute Gasteiger partial charge is 0.321 e. The molecule has 0 bridgehead atoms. The Hall–Kier alpha value is -3.82. The third kappa shape index (κ3) is 6.79. The van der Waals surface area contributed by atoms with Crippen molar-refractivity contribution in [2.45, 2.75) is 30.8 Å². The van der Waals surface area contributed by atoms with Gasteiger partial charge in [0.2, 0.25) is 0 Å². The number of halogens is 2. The fourth-order valence-corrected chi connectivity index (χ4v) is 5.87. The minimum Gasteiger partial charge on any atom is -0.367 e. The molecule has 1 N–H and O–H groups in total. The van der Waals surface area contributed by atoms with Gasteiger partial charge in [-0.25, -0.2) is 13.6 Å². The summed E-state index contributed by atoms with van der Waals surface area (Å²) in [7, 11) is 3.41. The molecule has 2 aliphatic rings. The number of carbonyl (C=O) groups excluding carboxylic acids is 2. The molecule has 2 saturated heterocycles. The highest BCUT2D eigenvalue weighted by Gasteiger charge is 2.41. The maximum atomic E-state index is 14.4. The molecule has 222 valence electrons. The van der Waals surface area contributed by atoms with Crippen LogP contribution in [0.15, 0.2) is 72.8 Å². The second-order valence-corrected chi connectivity index (χ2v) is 11.4. The first-order valence-corrected chi connectivity index (χ1v) is 14.5. The predicted octanol–water partition coefficient (Wildman–Crippen LogP) is 5.70. The minimum atomic E-state index is -0.944. The maximum Gasteiger partial charge on any atom is 0.321 e. The number of nitrogens with one attached hydrogen (secondary N) is 1. The van der Waals surface area contributed by atoms with Crippen molar-refractivity contribution < 1.29 is 23.1 Å². The molecule has 0 spiro atoms. The second kappa shape index (κ2) is 13.0. The molecule has 3 aromatic rings. The van der Waals surface area contributed by atoms with Crippen LogP contribution in [-0.4, -0.2) is 80.1 Å². The molecule has 3 amide bonds. The van der Waals surface area contributed by atoms with Gasteiger partial charge in [0.25, 0.3) is 5.91 Å². The van der Waals surface area contributed by atoms with E-state index in [1.807, 2.05) is 30.3 Å². The Kier molecular flexibility index (Phi) is 9.18. The fourth-order valence-electron chi connectivity index (χ4n) is 5.87. The van der Waals surface area contributed by atoms with Gasteiger partial charge in [0.1, 0.15) is 5.60 Å². The Balaban J connectivity index is 1.24. The van der Waals surface area contributed by atoms with E-state index in [1.54, 1.807) is 37.2 Å². The summed E-state index contributed by atoms with van der Waals surface area (Å²) in [5.74, 6) is -1.50. The normalized spacial score (nSPS) is 19.9. The monoisotopic (exact) mass is 576 g/mol. The van der Waals surface area contributed by atoms with Gasteiger partial charge in [0.05, 0.1) is 13.2 Å². The summed E-state index contributed by atoms with van der Waals surface area (Å²) < 4.78 is 34.6. The molecule has 0 aromatic heterocycles. The van der Waals surface area contributed by atoms with Gasteiger partial charge in [-0.3, -0.25) is 4.79 Å². The average molecular weight is 577 g/mol. The Bertz CT molecular complexity index is 1380. The summed E-state index contributed by atoms with van der Waals surface area (Å²) in [4.78, 5) is 30.9. The number of benzene rings is 3. The third-order valence-electron chi connectivity index (χ3n) is 8.40. The van der Waals surface area contributed by atoms with E-state index in [0.717, 1.165) is 37.7 Å². The SMILES string of the molecule is CN(C)C(=O)Nc1ccc(C2CCN(CCC3(c4ccc(F)c(F)c4)CN(C(=O)c4ccccc4)CCO3)CC2)cc1. The molecular formula is C33H38F2N4O3. The largest absolute Gasteiger partial charge is 0.367 e. The van der Waals surface area contributed by atoms with Crippen molar-refractivity contribution >= 4 is 17.6 Å². The molecule has 9 heteroatoms. The summed E-state index contributed by atoms with van der Waals surface area (Å²) >= 11 is 0. The zero-order chi connectivity index (χ0) is 29.7. The number of nitrogens with zero attached hydrogens (tertiary/aromatic N) is 3. The maximum absolute atomic E-state index is 14.4. The van der Waals surface area contributed by atoms with Gasteiger partial charge in [-0.05, 0) is 85.8 Å².